The first-order valence-corrected chi connectivity index (χ1v) is 24.2. The van der Waals surface area contributed by atoms with Gasteiger partial charge in [0, 0.05) is 19.3 Å². The third kappa shape index (κ3) is 43.4. The Kier molecular flexibility index (Phi) is 40.8. The topological polar surface area (TPSA) is 78.9 Å². The maximum atomic E-state index is 12.7. The van der Waals surface area contributed by atoms with Crippen LogP contribution in [0.25, 0.3) is 0 Å². The Labute approximate surface area is 342 Å². The van der Waals surface area contributed by atoms with Gasteiger partial charge in [0.25, 0.3) is 0 Å². The summed E-state index contributed by atoms with van der Waals surface area (Å²) in [6.45, 7) is 11.3. The van der Waals surface area contributed by atoms with Crippen molar-refractivity contribution in [3.8, 4) is 0 Å². The van der Waals surface area contributed by atoms with E-state index in [2.05, 4.69) is 34.6 Å². The minimum absolute atomic E-state index is 0.0646. The van der Waals surface area contributed by atoms with Crippen molar-refractivity contribution >= 4 is 17.9 Å². The average Bonchev–Trinajstić information content (AvgIpc) is 3.15. The Hall–Kier alpha value is -1.59. The van der Waals surface area contributed by atoms with Crippen molar-refractivity contribution in [1.82, 2.24) is 0 Å². The van der Waals surface area contributed by atoms with Crippen molar-refractivity contribution < 1.29 is 28.6 Å². The van der Waals surface area contributed by atoms with Gasteiger partial charge < -0.3 is 14.2 Å². The summed E-state index contributed by atoms with van der Waals surface area (Å²) in [6, 6.07) is 0. The van der Waals surface area contributed by atoms with Crippen LogP contribution in [-0.4, -0.2) is 37.2 Å². The standard InChI is InChI=1S/C49H94O6/c1-6-7-8-9-10-11-12-15-18-24-29-34-39-47(50)53-42-46(55-49(52)41-36-31-26-21-20-23-28-33-38-45(4)5)43-54-48(51)40-35-30-25-19-16-13-14-17-22-27-32-37-44(2)3/h44-46H,6-43H2,1-5H3/t46-/m1/s1. The highest BCUT2D eigenvalue weighted by atomic mass is 16.6. The first-order chi connectivity index (χ1) is 26.7. The molecule has 6 heteroatoms. The number of carbonyl (C=O) groups is 3. The second kappa shape index (κ2) is 42.0. The number of hydrogen-bond donors (Lipinski definition) is 0. The summed E-state index contributed by atoms with van der Waals surface area (Å²) < 4.78 is 16.8. The van der Waals surface area contributed by atoms with E-state index in [1.807, 2.05) is 0 Å². The van der Waals surface area contributed by atoms with Crippen LogP contribution in [-0.2, 0) is 28.6 Å². The largest absolute Gasteiger partial charge is 0.462 e. The Balaban J connectivity index is 4.32. The lowest BCUT2D eigenvalue weighted by Gasteiger charge is -2.18. The molecule has 0 aliphatic heterocycles. The number of unbranched alkanes of at least 4 members (excludes halogenated alkanes) is 28. The molecule has 0 radical (unpaired) electrons. The third-order valence-corrected chi connectivity index (χ3v) is 11.0. The molecule has 0 saturated heterocycles. The summed E-state index contributed by atoms with van der Waals surface area (Å²) in [5.41, 5.74) is 0. The lowest BCUT2D eigenvalue weighted by Crippen LogP contribution is -2.30. The molecule has 0 amide bonds. The van der Waals surface area contributed by atoms with E-state index in [4.69, 9.17) is 14.2 Å². The molecule has 55 heavy (non-hydrogen) atoms. The van der Waals surface area contributed by atoms with Crippen LogP contribution in [0.4, 0.5) is 0 Å². The van der Waals surface area contributed by atoms with Crippen LogP contribution in [0.2, 0.25) is 0 Å². The van der Waals surface area contributed by atoms with Crippen LogP contribution >= 0.6 is 0 Å². The zero-order chi connectivity index (χ0) is 40.5. The summed E-state index contributed by atoms with van der Waals surface area (Å²) in [5, 5.41) is 0. The number of carbonyl (C=O) groups excluding carboxylic acids is 3. The van der Waals surface area contributed by atoms with E-state index in [0.29, 0.717) is 19.3 Å². The van der Waals surface area contributed by atoms with Crippen molar-refractivity contribution in [2.45, 2.75) is 272 Å². The van der Waals surface area contributed by atoms with Gasteiger partial charge in [0.2, 0.25) is 0 Å². The van der Waals surface area contributed by atoms with E-state index in [1.165, 1.54) is 154 Å². The Morgan fingerprint density at radius 2 is 0.600 bits per heavy atom. The highest BCUT2D eigenvalue weighted by molar-refractivity contribution is 5.71. The summed E-state index contributed by atoms with van der Waals surface area (Å²) in [5.74, 6) is 0.765. The predicted molar refractivity (Wildman–Crippen MR) is 233 cm³/mol. The predicted octanol–water partition coefficient (Wildman–Crippen LogP) is 15.4. The summed E-state index contributed by atoms with van der Waals surface area (Å²) in [4.78, 5) is 37.8. The molecule has 1 atom stereocenters. The normalized spacial score (nSPS) is 12.1. The lowest BCUT2D eigenvalue weighted by molar-refractivity contribution is -0.167. The monoisotopic (exact) mass is 779 g/mol. The van der Waals surface area contributed by atoms with Crippen molar-refractivity contribution in [3.63, 3.8) is 0 Å². The molecule has 0 N–H and O–H groups in total. The molecular weight excluding hydrogens is 685 g/mol. The number of hydrogen-bond acceptors (Lipinski definition) is 6. The number of ether oxygens (including phenoxy) is 3. The van der Waals surface area contributed by atoms with Crippen LogP contribution < -0.4 is 0 Å². The second-order valence-electron chi connectivity index (χ2n) is 17.7. The van der Waals surface area contributed by atoms with Gasteiger partial charge in [-0.2, -0.15) is 0 Å². The fourth-order valence-corrected chi connectivity index (χ4v) is 7.28. The number of esters is 3. The van der Waals surface area contributed by atoms with Crippen LogP contribution in [0.3, 0.4) is 0 Å². The fourth-order valence-electron chi connectivity index (χ4n) is 7.28. The van der Waals surface area contributed by atoms with Gasteiger partial charge in [0.05, 0.1) is 0 Å². The molecule has 0 aliphatic rings. The smallest absolute Gasteiger partial charge is 0.306 e. The minimum Gasteiger partial charge on any atom is -0.462 e. The lowest BCUT2D eigenvalue weighted by atomic mass is 10.0. The maximum Gasteiger partial charge on any atom is 0.306 e. The molecule has 0 aliphatic carbocycles. The van der Waals surface area contributed by atoms with E-state index in [0.717, 1.165) is 69.6 Å². The van der Waals surface area contributed by atoms with Gasteiger partial charge in [-0.3, -0.25) is 14.4 Å². The van der Waals surface area contributed by atoms with Gasteiger partial charge >= 0.3 is 17.9 Å². The van der Waals surface area contributed by atoms with Crippen LogP contribution in [0, 0.1) is 11.8 Å². The van der Waals surface area contributed by atoms with Gasteiger partial charge in [-0.1, -0.05) is 227 Å². The zero-order valence-electron chi connectivity index (χ0n) is 37.6. The minimum atomic E-state index is -0.761. The molecule has 0 rings (SSSR count). The van der Waals surface area contributed by atoms with Crippen molar-refractivity contribution in [2.24, 2.45) is 11.8 Å². The summed E-state index contributed by atoms with van der Waals surface area (Å²) >= 11 is 0. The van der Waals surface area contributed by atoms with Crippen LogP contribution in [0.15, 0.2) is 0 Å². The summed E-state index contributed by atoms with van der Waals surface area (Å²) in [7, 11) is 0. The van der Waals surface area contributed by atoms with E-state index in [1.54, 1.807) is 0 Å². The molecule has 0 aromatic rings. The quantitative estimate of drug-likeness (QED) is 0.0348. The van der Waals surface area contributed by atoms with Crippen LogP contribution in [0.5, 0.6) is 0 Å². The first-order valence-electron chi connectivity index (χ1n) is 24.2. The third-order valence-electron chi connectivity index (χ3n) is 11.0. The highest BCUT2D eigenvalue weighted by Crippen LogP contribution is 2.17. The summed E-state index contributed by atoms with van der Waals surface area (Å²) in [6.07, 6.45) is 40.9. The van der Waals surface area contributed by atoms with Crippen molar-refractivity contribution in [2.75, 3.05) is 13.2 Å². The average molecular weight is 779 g/mol. The first kappa shape index (κ1) is 53.4. The van der Waals surface area contributed by atoms with E-state index in [-0.39, 0.29) is 31.1 Å². The van der Waals surface area contributed by atoms with Gasteiger partial charge in [-0.25, -0.2) is 0 Å². The Bertz CT molecular complexity index is 839. The van der Waals surface area contributed by atoms with E-state index in [9.17, 15) is 14.4 Å². The molecule has 0 heterocycles. The maximum absolute atomic E-state index is 12.7. The molecule has 326 valence electrons. The molecule has 0 unspecified atom stereocenters. The van der Waals surface area contributed by atoms with Crippen molar-refractivity contribution in [1.29, 1.82) is 0 Å². The molecule has 0 saturated carbocycles. The Morgan fingerprint density at radius 3 is 0.891 bits per heavy atom. The number of rotatable bonds is 43. The van der Waals surface area contributed by atoms with Gasteiger partial charge in [0.1, 0.15) is 13.2 Å². The van der Waals surface area contributed by atoms with E-state index < -0.39 is 6.10 Å². The molecule has 0 aromatic heterocycles. The molecule has 0 aromatic carbocycles. The zero-order valence-corrected chi connectivity index (χ0v) is 37.6. The van der Waals surface area contributed by atoms with Gasteiger partial charge in [0.15, 0.2) is 6.10 Å². The van der Waals surface area contributed by atoms with Crippen molar-refractivity contribution in [3.05, 3.63) is 0 Å². The van der Waals surface area contributed by atoms with Gasteiger partial charge in [-0.05, 0) is 31.1 Å². The fraction of sp³-hybridized carbons (Fsp3) is 0.939. The van der Waals surface area contributed by atoms with Crippen LogP contribution in [0.1, 0.15) is 266 Å². The highest BCUT2D eigenvalue weighted by Gasteiger charge is 2.19. The SMILES string of the molecule is CCCCCCCCCCCCCCC(=O)OC[C@H](COC(=O)CCCCCCCCCCCCCC(C)C)OC(=O)CCCCCCCCCCC(C)C. The van der Waals surface area contributed by atoms with Gasteiger partial charge in [-0.15, -0.1) is 0 Å². The molecule has 0 spiro atoms. The molecular formula is C49H94O6. The van der Waals surface area contributed by atoms with E-state index >= 15 is 0 Å². The molecule has 6 nitrogen and oxygen atoms in total. The molecule has 0 fully saturated rings. The Morgan fingerprint density at radius 1 is 0.345 bits per heavy atom. The molecule has 0 bridgehead atoms. The second-order valence-corrected chi connectivity index (χ2v) is 17.7.